The monoisotopic (exact) mass is 90.0 g/mol. The summed E-state index contributed by atoms with van der Waals surface area (Å²) >= 11 is 1.28. The average molecular weight is 90.2 g/mol. The molecule has 0 bridgehead atoms. The van der Waals surface area contributed by atoms with E-state index in [1.165, 1.54) is 11.9 Å². The van der Waals surface area contributed by atoms with Gasteiger partial charge in [0.2, 0.25) is 0 Å². The van der Waals surface area contributed by atoms with Gasteiger partial charge in [0, 0.05) is 5.75 Å². The van der Waals surface area contributed by atoms with E-state index < -0.39 is 0 Å². The molecule has 0 saturated carbocycles. The highest BCUT2D eigenvalue weighted by molar-refractivity contribution is 7.97. The Kier molecular flexibility index (Phi) is 4.09. The fourth-order valence-corrected chi connectivity index (χ4v) is 0.204. The lowest BCUT2D eigenvalue weighted by Crippen LogP contribution is -1.76. The molecule has 0 aliphatic rings. The fraction of sp³-hybridized carbons (Fsp3) is 0.333. The van der Waals surface area contributed by atoms with Crippen LogP contribution in [0.2, 0.25) is 0 Å². The van der Waals surface area contributed by atoms with Crippen molar-refractivity contribution in [2.45, 2.75) is 0 Å². The molecule has 0 radical (unpaired) electrons. The molecular formula is C3H8NS+. The van der Waals surface area contributed by atoms with E-state index in [-0.39, 0.29) is 1.43 Å². The van der Waals surface area contributed by atoms with E-state index in [9.17, 15) is 0 Å². The molecule has 1 nitrogen and oxygen atoms in total. The molecule has 0 unspecified atom stereocenters. The molecule has 0 aromatic carbocycles. The lowest BCUT2D eigenvalue weighted by atomic mass is 10.8. The van der Waals surface area contributed by atoms with Crippen LogP contribution in [0.25, 0.3) is 0 Å². The molecule has 0 aromatic heterocycles. The van der Waals surface area contributed by atoms with Gasteiger partial charge in [-0.3, -0.25) is 5.14 Å². The smallest absolute Gasteiger partial charge is 0.278 e. The van der Waals surface area contributed by atoms with Gasteiger partial charge in [-0.1, -0.05) is 18.0 Å². The van der Waals surface area contributed by atoms with Crippen LogP contribution in [0.1, 0.15) is 1.43 Å². The summed E-state index contributed by atoms with van der Waals surface area (Å²) in [6.45, 7) is 3.45. The van der Waals surface area contributed by atoms with Crippen molar-refractivity contribution in [2.24, 2.45) is 5.14 Å². The summed E-state index contributed by atoms with van der Waals surface area (Å²) in [5.74, 6) is 0.847. The van der Waals surface area contributed by atoms with Gasteiger partial charge in [-0.25, -0.2) is 0 Å². The first-order valence-electron chi connectivity index (χ1n) is 1.34. The van der Waals surface area contributed by atoms with Crippen molar-refractivity contribution in [2.75, 3.05) is 5.75 Å². The second-order valence-electron chi connectivity index (χ2n) is 0.622. The zero-order valence-electron chi connectivity index (χ0n) is 3.98. The highest BCUT2D eigenvalue weighted by Crippen LogP contribution is 1.80. The van der Waals surface area contributed by atoms with Gasteiger partial charge in [-0.05, 0) is 0 Å². The van der Waals surface area contributed by atoms with Gasteiger partial charge < -0.3 is 0 Å². The Morgan fingerprint density at radius 3 is 2.80 bits per heavy atom. The molecule has 0 saturated heterocycles. The second-order valence-corrected chi connectivity index (χ2v) is 1.29. The molecule has 5 heavy (non-hydrogen) atoms. The van der Waals surface area contributed by atoms with Gasteiger partial charge in [-0.2, -0.15) is 0 Å². The highest BCUT2D eigenvalue weighted by atomic mass is 32.2. The molecule has 0 aromatic rings. The number of hydrogen-bond acceptors (Lipinski definition) is 2. The predicted molar refractivity (Wildman–Crippen MR) is 28.0 cm³/mol. The summed E-state index contributed by atoms with van der Waals surface area (Å²) < 4.78 is 0. The minimum Gasteiger partial charge on any atom is -0.278 e. The van der Waals surface area contributed by atoms with E-state index in [1.54, 1.807) is 6.08 Å². The number of hydrogen-bond donors (Lipinski definition) is 1. The standard InChI is InChI=1S/C3H7NS/c1-2-3-5-4/h2H,1,3-4H2/p+1. The zero-order chi connectivity index (χ0) is 4.12. The highest BCUT2D eigenvalue weighted by Gasteiger charge is 1.61. The van der Waals surface area contributed by atoms with Crippen molar-refractivity contribution in [3.8, 4) is 0 Å². The third kappa shape index (κ3) is 4.05. The van der Waals surface area contributed by atoms with Crippen LogP contribution < -0.4 is 5.14 Å². The average Bonchev–Trinajstić information content (AvgIpc) is 1.41. The van der Waals surface area contributed by atoms with Crippen molar-refractivity contribution in [1.82, 2.24) is 0 Å². The lowest BCUT2D eigenvalue weighted by molar-refractivity contribution is 1.79. The summed E-state index contributed by atoms with van der Waals surface area (Å²) in [6.07, 6.45) is 1.77. The minimum absolute atomic E-state index is 0. The van der Waals surface area contributed by atoms with Crippen molar-refractivity contribution in [3.63, 3.8) is 0 Å². The Hall–Kier alpha value is 0.0500. The van der Waals surface area contributed by atoms with E-state index in [0.717, 1.165) is 5.75 Å². The third-order valence-corrected chi connectivity index (χ3v) is 0.642. The summed E-state index contributed by atoms with van der Waals surface area (Å²) in [5.41, 5.74) is 0. The maximum absolute atomic E-state index is 4.98. The topological polar surface area (TPSA) is 26.0 Å². The first-order chi connectivity index (χ1) is 2.41. The zero-order valence-corrected chi connectivity index (χ0v) is 3.79. The minimum atomic E-state index is 0. The number of rotatable bonds is 2. The molecule has 2 N–H and O–H groups in total. The Morgan fingerprint density at radius 2 is 2.80 bits per heavy atom. The summed E-state index contributed by atoms with van der Waals surface area (Å²) in [4.78, 5) is 0. The van der Waals surface area contributed by atoms with Gasteiger partial charge >= 0.3 is 1.43 Å². The van der Waals surface area contributed by atoms with Crippen LogP contribution in [0, 0.1) is 0 Å². The van der Waals surface area contributed by atoms with E-state index in [0.29, 0.717) is 0 Å². The second kappa shape index (κ2) is 4.05. The normalized spacial score (nSPS) is 7.40. The number of nitrogens with two attached hydrogens (primary N) is 1. The molecule has 0 atom stereocenters. The SMILES string of the molecule is C=CCSN.[H+]. The maximum atomic E-state index is 4.98. The van der Waals surface area contributed by atoms with Gasteiger partial charge in [0.1, 0.15) is 0 Å². The Morgan fingerprint density at radius 1 is 2.20 bits per heavy atom. The van der Waals surface area contributed by atoms with Gasteiger partial charge in [0.05, 0.1) is 0 Å². The molecular weight excluding hydrogens is 82.1 g/mol. The summed E-state index contributed by atoms with van der Waals surface area (Å²) in [7, 11) is 0. The van der Waals surface area contributed by atoms with Gasteiger partial charge in [0.15, 0.2) is 0 Å². The first-order valence-corrected chi connectivity index (χ1v) is 2.39. The predicted octanol–water partition coefficient (Wildman–Crippen LogP) is 0.892. The van der Waals surface area contributed by atoms with Crippen LogP contribution in [-0.4, -0.2) is 5.75 Å². The van der Waals surface area contributed by atoms with Crippen LogP contribution in [0.5, 0.6) is 0 Å². The molecule has 0 heterocycles. The van der Waals surface area contributed by atoms with Crippen LogP contribution in [-0.2, 0) is 0 Å². The van der Waals surface area contributed by atoms with E-state index >= 15 is 0 Å². The first kappa shape index (κ1) is 5.05. The van der Waals surface area contributed by atoms with Crippen molar-refractivity contribution >= 4 is 11.9 Å². The van der Waals surface area contributed by atoms with Gasteiger partial charge in [0.25, 0.3) is 0 Å². The summed E-state index contributed by atoms with van der Waals surface area (Å²) in [5, 5.41) is 4.98. The summed E-state index contributed by atoms with van der Waals surface area (Å²) in [6, 6.07) is 0. The Balaban J connectivity index is 0. The molecule has 2 heteroatoms. The van der Waals surface area contributed by atoms with Crippen LogP contribution in [0.4, 0.5) is 0 Å². The molecule has 0 rings (SSSR count). The van der Waals surface area contributed by atoms with E-state index in [4.69, 9.17) is 5.14 Å². The van der Waals surface area contributed by atoms with Gasteiger partial charge in [-0.15, -0.1) is 6.58 Å². The van der Waals surface area contributed by atoms with Crippen molar-refractivity contribution < 1.29 is 1.43 Å². The quantitative estimate of drug-likeness (QED) is 0.402. The van der Waals surface area contributed by atoms with Crippen LogP contribution in [0.3, 0.4) is 0 Å². The van der Waals surface area contributed by atoms with Crippen molar-refractivity contribution in [3.05, 3.63) is 12.7 Å². The fourth-order valence-electron chi connectivity index (χ4n) is 0.0680. The third-order valence-electron chi connectivity index (χ3n) is 0.214. The maximum Gasteiger partial charge on any atom is 1.00 e. The molecule has 0 aliphatic carbocycles. The van der Waals surface area contributed by atoms with Crippen LogP contribution >= 0.6 is 11.9 Å². The lowest BCUT2D eigenvalue weighted by Gasteiger charge is -1.74. The molecule has 0 aliphatic heterocycles. The molecule has 0 spiro atoms. The van der Waals surface area contributed by atoms with E-state index in [2.05, 4.69) is 6.58 Å². The molecule has 30 valence electrons. The molecule has 0 amide bonds. The largest absolute Gasteiger partial charge is 1.00 e. The Labute approximate surface area is 37.9 Å². The van der Waals surface area contributed by atoms with Crippen LogP contribution in [0.15, 0.2) is 12.7 Å². The van der Waals surface area contributed by atoms with E-state index in [1.807, 2.05) is 0 Å². The Bertz CT molecular complexity index is 32.0. The molecule has 0 fully saturated rings. The van der Waals surface area contributed by atoms with Crippen molar-refractivity contribution in [1.29, 1.82) is 0 Å².